The summed E-state index contributed by atoms with van der Waals surface area (Å²) in [4.78, 5) is 36.4. The number of aromatic nitrogens is 2. The molecule has 0 saturated carbocycles. The number of nitrogens with zero attached hydrogens (tertiary/aromatic N) is 1. The Bertz CT molecular complexity index is 1200. The Morgan fingerprint density at radius 2 is 2.23 bits per heavy atom. The molecule has 1 aromatic heterocycles. The zero-order valence-corrected chi connectivity index (χ0v) is 16.0. The molecule has 0 radical (unpaired) electrons. The van der Waals surface area contributed by atoms with Crippen LogP contribution >= 0.6 is 7.82 Å². The highest BCUT2D eigenvalue weighted by molar-refractivity contribution is 7.49. The number of fused-ring (bicyclic) bond motifs is 1. The molecular formula is C17H16FN2O9P. The van der Waals surface area contributed by atoms with Gasteiger partial charge in [0.25, 0.3) is 5.56 Å². The summed E-state index contributed by atoms with van der Waals surface area (Å²) in [5.74, 6) is -2.65. The van der Waals surface area contributed by atoms with E-state index in [9.17, 15) is 24.1 Å². The smallest absolute Gasteiger partial charge is 0.404 e. The lowest BCUT2D eigenvalue weighted by atomic mass is 10.2. The molecule has 2 N–H and O–H groups in total. The van der Waals surface area contributed by atoms with E-state index in [1.807, 2.05) is 0 Å². The third-order valence-corrected chi connectivity index (χ3v) is 5.71. The Balaban J connectivity index is 1.54. The van der Waals surface area contributed by atoms with Gasteiger partial charge in [0.05, 0.1) is 13.5 Å². The van der Waals surface area contributed by atoms with Gasteiger partial charge in [-0.2, -0.15) is 0 Å². The van der Waals surface area contributed by atoms with Crippen molar-refractivity contribution in [2.24, 2.45) is 0 Å². The number of carbonyl (C=O) groups excluding carboxylic acids is 1. The van der Waals surface area contributed by atoms with Crippen LogP contribution in [0.2, 0.25) is 0 Å². The molecule has 4 rings (SSSR count). The Morgan fingerprint density at radius 3 is 3.00 bits per heavy atom. The van der Waals surface area contributed by atoms with Gasteiger partial charge in [0.2, 0.25) is 5.85 Å². The van der Waals surface area contributed by atoms with Crippen LogP contribution in [-0.4, -0.2) is 39.5 Å². The van der Waals surface area contributed by atoms with Crippen LogP contribution in [0.4, 0.5) is 4.39 Å². The number of rotatable bonds is 5. The van der Waals surface area contributed by atoms with Crippen LogP contribution in [0.25, 0.3) is 0 Å². The van der Waals surface area contributed by atoms with Crippen molar-refractivity contribution in [1.82, 2.24) is 9.55 Å². The third-order valence-electron chi connectivity index (χ3n) is 4.40. The summed E-state index contributed by atoms with van der Waals surface area (Å²) in [7, 11) is -4.23. The van der Waals surface area contributed by atoms with E-state index in [0.717, 1.165) is 0 Å². The molecule has 30 heavy (non-hydrogen) atoms. The average Bonchev–Trinajstić information content (AvgIpc) is 2.96. The van der Waals surface area contributed by atoms with E-state index in [2.05, 4.69) is 0 Å². The van der Waals surface area contributed by atoms with Crippen LogP contribution in [0.5, 0.6) is 5.75 Å². The maximum absolute atomic E-state index is 15.2. The monoisotopic (exact) mass is 443 g/mol. The summed E-state index contributed by atoms with van der Waals surface area (Å²) in [6.45, 7) is -1.18. The Labute approximate surface area is 169 Å². The van der Waals surface area contributed by atoms with Gasteiger partial charge in [-0.05, 0) is 6.07 Å². The van der Waals surface area contributed by atoms with E-state index < -0.39 is 55.8 Å². The van der Waals surface area contributed by atoms with Gasteiger partial charge in [-0.15, -0.1) is 0 Å². The van der Waals surface area contributed by atoms with Crippen molar-refractivity contribution in [1.29, 1.82) is 0 Å². The molecule has 1 saturated heterocycles. The Kier molecular flexibility index (Phi) is 4.88. The SMILES string of the molecule is [2H][C@@]1(n2cc(C=O)c(=O)[nH]c2=O)O[C@](F)(COP2(=O)OCc3ccccc3O2)C[C@H]1O. The number of benzene rings is 1. The molecule has 160 valence electrons. The van der Waals surface area contributed by atoms with Crippen LogP contribution in [-0.2, 0) is 25.0 Å². The summed E-state index contributed by atoms with van der Waals surface area (Å²) in [6, 6.07) is 6.55. The van der Waals surface area contributed by atoms with Gasteiger partial charge in [-0.3, -0.25) is 28.2 Å². The van der Waals surface area contributed by atoms with Crippen molar-refractivity contribution in [2.45, 2.75) is 31.2 Å². The molecule has 1 aromatic carbocycles. The summed E-state index contributed by atoms with van der Waals surface area (Å²) >= 11 is 0. The predicted molar refractivity (Wildman–Crippen MR) is 96.7 cm³/mol. The number of nitrogens with one attached hydrogen (secondary N) is 1. The van der Waals surface area contributed by atoms with Crippen molar-refractivity contribution in [2.75, 3.05) is 6.61 Å². The standard InChI is InChI=1S/C17H16FN2O9P/c18-17(9-27-30(25)26-8-10-3-1-2-4-13(10)29-30)5-12(22)15(28-17)20-6-11(7-21)14(23)19-16(20)24/h1-4,6-7,12,15,22H,5,8-9H2,(H,19,23,24)/t12-,15-,17+,30?/m1/s1/i15D. The first-order valence-corrected chi connectivity index (χ1v) is 10.1. The molecular weight excluding hydrogens is 426 g/mol. The number of aliphatic hydroxyl groups excluding tert-OH is 1. The van der Waals surface area contributed by atoms with Crippen LogP contribution in [0.15, 0.2) is 40.1 Å². The number of phosphoric ester groups is 1. The van der Waals surface area contributed by atoms with Crippen LogP contribution in [0, 0.1) is 0 Å². The summed E-state index contributed by atoms with van der Waals surface area (Å²) in [6.07, 6.45) is -4.73. The normalized spacial score (nSPS) is 33.4. The van der Waals surface area contributed by atoms with E-state index in [1.54, 1.807) is 23.2 Å². The number of hydrogen-bond donors (Lipinski definition) is 2. The molecule has 13 heteroatoms. The second-order valence-electron chi connectivity index (χ2n) is 6.57. The highest BCUT2D eigenvalue weighted by Crippen LogP contribution is 2.55. The summed E-state index contributed by atoms with van der Waals surface area (Å²) in [5.41, 5.74) is -2.17. The first kappa shape index (κ1) is 19.3. The number of halogens is 1. The van der Waals surface area contributed by atoms with Gasteiger partial charge >= 0.3 is 13.5 Å². The maximum Gasteiger partial charge on any atom is 0.530 e. The number of aldehydes is 1. The minimum atomic E-state index is -4.23. The zero-order valence-electron chi connectivity index (χ0n) is 16.1. The van der Waals surface area contributed by atoms with Crippen molar-refractivity contribution >= 4 is 14.1 Å². The number of ether oxygens (including phenoxy) is 1. The number of hydrogen-bond acceptors (Lipinski definition) is 9. The molecule has 1 fully saturated rings. The molecule has 3 heterocycles. The fraction of sp³-hybridized carbons (Fsp3) is 0.353. The van der Waals surface area contributed by atoms with Crippen LogP contribution < -0.4 is 15.8 Å². The molecule has 0 bridgehead atoms. The minimum absolute atomic E-state index is 0.111. The molecule has 2 aliphatic rings. The van der Waals surface area contributed by atoms with Gasteiger partial charge in [-0.25, -0.2) is 13.8 Å². The number of H-pyrrole nitrogens is 1. The summed E-state index contributed by atoms with van der Waals surface area (Å²) in [5, 5.41) is 10.2. The van der Waals surface area contributed by atoms with E-state index in [0.29, 0.717) is 16.3 Å². The quantitative estimate of drug-likeness (QED) is 0.511. The molecule has 0 spiro atoms. The number of para-hydroxylation sites is 1. The largest absolute Gasteiger partial charge is 0.530 e. The molecule has 11 nitrogen and oxygen atoms in total. The first-order chi connectivity index (χ1) is 14.6. The number of aliphatic hydroxyl groups is 1. The second kappa shape index (κ2) is 7.56. The highest BCUT2D eigenvalue weighted by Gasteiger charge is 2.50. The fourth-order valence-electron chi connectivity index (χ4n) is 2.95. The zero-order chi connectivity index (χ0) is 22.4. The Hall–Kier alpha value is -2.63. The van der Waals surface area contributed by atoms with Crippen molar-refractivity contribution in [3.63, 3.8) is 0 Å². The summed E-state index contributed by atoms with van der Waals surface area (Å²) < 4.78 is 56.8. The van der Waals surface area contributed by atoms with Crippen molar-refractivity contribution in [3.05, 3.63) is 62.4 Å². The van der Waals surface area contributed by atoms with Crippen molar-refractivity contribution in [3.8, 4) is 5.75 Å². The molecule has 4 atom stereocenters. The topological polar surface area (TPSA) is 146 Å². The second-order valence-corrected chi connectivity index (χ2v) is 8.16. The lowest BCUT2D eigenvalue weighted by Crippen LogP contribution is -2.37. The number of carbonyl (C=O) groups is 1. The van der Waals surface area contributed by atoms with Crippen LogP contribution in [0.1, 0.15) is 29.9 Å². The predicted octanol–water partition coefficient (Wildman–Crippen LogP) is 1.03. The van der Waals surface area contributed by atoms with E-state index >= 15 is 4.39 Å². The van der Waals surface area contributed by atoms with E-state index in [4.69, 9.17) is 19.7 Å². The van der Waals surface area contributed by atoms with Crippen LogP contribution in [0.3, 0.4) is 0 Å². The lowest BCUT2D eigenvalue weighted by molar-refractivity contribution is -0.179. The number of aromatic amines is 1. The molecule has 2 aromatic rings. The van der Waals surface area contributed by atoms with Gasteiger partial charge < -0.3 is 14.4 Å². The van der Waals surface area contributed by atoms with Gasteiger partial charge in [0, 0.05) is 18.2 Å². The van der Waals surface area contributed by atoms with Gasteiger partial charge in [0.1, 0.15) is 18.5 Å². The highest BCUT2D eigenvalue weighted by atomic mass is 31.2. The van der Waals surface area contributed by atoms with Gasteiger partial charge in [0.15, 0.2) is 12.5 Å². The lowest BCUT2D eigenvalue weighted by Gasteiger charge is -2.27. The third kappa shape index (κ3) is 3.87. The number of phosphoric acid groups is 1. The average molecular weight is 443 g/mol. The van der Waals surface area contributed by atoms with Crippen molar-refractivity contribution < 1.29 is 38.5 Å². The molecule has 0 aliphatic carbocycles. The Morgan fingerprint density at radius 1 is 1.47 bits per heavy atom. The fourth-order valence-corrected chi connectivity index (χ4v) is 4.20. The maximum atomic E-state index is 15.2. The number of alkyl halides is 1. The minimum Gasteiger partial charge on any atom is -0.404 e. The molecule has 2 aliphatic heterocycles. The molecule has 1 unspecified atom stereocenters. The van der Waals surface area contributed by atoms with E-state index in [-0.39, 0.29) is 18.6 Å². The molecule has 0 amide bonds. The van der Waals surface area contributed by atoms with Gasteiger partial charge in [-0.1, -0.05) is 18.2 Å². The first-order valence-electron chi connectivity index (χ1n) is 9.13. The van der Waals surface area contributed by atoms with E-state index in [1.165, 1.54) is 6.07 Å².